The molecule has 1 unspecified atom stereocenters. The molecule has 2 fully saturated rings. The summed E-state index contributed by atoms with van der Waals surface area (Å²) in [7, 11) is 0. The Balaban J connectivity index is 1.71. The molecule has 0 radical (unpaired) electrons. The molecule has 1 aromatic rings. The first-order valence-corrected chi connectivity index (χ1v) is 5.94. The number of hydrogen-bond donors (Lipinski definition) is 0. The smallest absolute Gasteiger partial charge is 0.320 e. The highest BCUT2D eigenvalue weighted by molar-refractivity contribution is 5.77. The molecule has 3 nitrogen and oxygen atoms in total. The zero-order valence-corrected chi connectivity index (χ0v) is 9.30. The van der Waals surface area contributed by atoms with Crippen LogP contribution in [0.5, 0.6) is 0 Å². The molecule has 0 saturated carbocycles. The van der Waals surface area contributed by atoms with Gasteiger partial charge < -0.3 is 9.80 Å². The molecule has 1 atom stereocenters. The van der Waals surface area contributed by atoms with Gasteiger partial charge in [0.05, 0.1) is 6.04 Å². The minimum absolute atomic E-state index is 0.228. The van der Waals surface area contributed by atoms with E-state index in [1.165, 1.54) is 18.4 Å². The lowest BCUT2D eigenvalue weighted by molar-refractivity contribution is 0.192. The van der Waals surface area contributed by atoms with Crippen LogP contribution in [-0.4, -0.2) is 35.0 Å². The van der Waals surface area contributed by atoms with Crippen molar-refractivity contribution < 1.29 is 4.79 Å². The molecule has 2 heterocycles. The SMILES string of the molecule is O=C1N(Cc2ccccc2)CC2CCCN12. The molecule has 0 aliphatic carbocycles. The molecule has 3 rings (SSSR count). The second-order valence-electron chi connectivity index (χ2n) is 4.64. The molecule has 3 heteroatoms. The van der Waals surface area contributed by atoms with Crippen molar-refractivity contribution in [1.82, 2.24) is 9.80 Å². The summed E-state index contributed by atoms with van der Waals surface area (Å²) in [6.45, 7) is 2.62. The van der Waals surface area contributed by atoms with E-state index in [4.69, 9.17) is 0 Å². The Hall–Kier alpha value is -1.51. The number of carbonyl (C=O) groups excluding carboxylic acids is 1. The summed E-state index contributed by atoms with van der Waals surface area (Å²) < 4.78 is 0. The third kappa shape index (κ3) is 1.56. The molecule has 2 aliphatic heterocycles. The highest BCUT2D eigenvalue weighted by Crippen LogP contribution is 2.26. The maximum absolute atomic E-state index is 12.0. The van der Waals surface area contributed by atoms with Gasteiger partial charge in [0.1, 0.15) is 0 Å². The molecule has 2 saturated heterocycles. The predicted molar refractivity (Wildman–Crippen MR) is 62.0 cm³/mol. The molecule has 2 aliphatic rings. The summed E-state index contributed by atoms with van der Waals surface area (Å²) in [5.41, 5.74) is 1.22. The molecule has 16 heavy (non-hydrogen) atoms. The predicted octanol–water partition coefficient (Wildman–Crippen LogP) is 2.09. The Morgan fingerprint density at radius 2 is 2.06 bits per heavy atom. The van der Waals surface area contributed by atoms with Crippen LogP contribution in [0.4, 0.5) is 4.79 Å². The van der Waals surface area contributed by atoms with E-state index in [0.717, 1.165) is 19.6 Å². The van der Waals surface area contributed by atoms with Gasteiger partial charge in [0.2, 0.25) is 0 Å². The van der Waals surface area contributed by atoms with Crippen molar-refractivity contribution in [2.24, 2.45) is 0 Å². The minimum Gasteiger partial charge on any atom is -0.320 e. The Labute approximate surface area is 95.7 Å². The highest BCUT2D eigenvalue weighted by Gasteiger charge is 2.39. The second-order valence-corrected chi connectivity index (χ2v) is 4.64. The Bertz CT molecular complexity index is 390. The summed E-state index contributed by atoms with van der Waals surface area (Å²) in [5, 5.41) is 0. The van der Waals surface area contributed by atoms with Crippen LogP contribution in [0.2, 0.25) is 0 Å². The summed E-state index contributed by atoms with van der Waals surface area (Å²) in [4.78, 5) is 16.0. The number of benzene rings is 1. The normalized spacial score (nSPS) is 24.0. The van der Waals surface area contributed by atoms with E-state index < -0.39 is 0 Å². The average molecular weight is 216 g/mol. The van der Waals surface area contributed by atoms with Crippen molar-refractivity contribution >= 4 is 6.03 Å². The fraction of sp³-hybridized carbons (Fsp3) is 0.462. The van der Waals surface area contributed by atoms with Crippen LogP contribution >= 0.6 is 0 Å². The van der Waals surface area contributed by atoms with Crippen molar-refractivity contribution in [1.29, 1.82) is 0 Å². The van der Waals surface area contributed by atoms with E-state index in [1.807, 2.05) is 28.0 Å². The van der Waals surface area contributed by atoms with Gasteiger partial charge >= 0.3 is 6.03 Å². The van der Waals surface area contributed by atoms with Crippen LogP contribution in [0.25, 0.3) is 0 Å². The van der Waals surface area contributed by atoms with Crippen molar-refractivity contribution in [3.05, 3.63) is 35.9 Å². The maximum Gasteiger partial charge on any atom is 0.320 e. The first kappa shape index (κ1) is 9.70. The molecular weight excluding hydrogens is 200 g/mol. The molecule has 84 valence electrons. The number of hydrogen-bond acceptors (Lipinski definition) is 1. The van der Waals surface area contributed by atoms with Crippen molar-refractivity contribution in [3.63, 3.8) is 0 Å². The van der Waals surface area contributed by atoms with Gasteiger partial charge in [0.15, 0.2) is 0 Å². The van der Waals surface area contributed by atoms with Gasteiger partial charge in [-0.25, -0.2) is 4.79 Å². The Kier molecular flexibility index (Phi) is 2.31. The van der Waals surface area contributed by atoms with Crippen LogP contribution in [0, 0.1) is 0 Å². The van der Waals surface area contributed by atoms with Gasteiger partial charge in [-0.15, -0.1) is 0 Å². The van der Waals surface area contributed by atoms with Gasteiger partial charge in [-0.2, -0.15) is 0 Å². The highest BCUT2D eigenvalue weighted by atomic mass is 16.2. The van der Waals surface area contributed by atoms with Crippen LogP contribution in [0.3, 0.4) is 0 Å². The van der Waals surface area contributed by atoms with Gasteiger partial charge in [-0.05, 0) is 18.4 Å². The van der Waals surface area contributed by atoms with Gasteiger partial charge in [-0.1, -0.05) is 30.3 Å². The third-order valence-corrected chi connectivity index (χ3v) is 3.54. The van der Waals surface area contributed by atoms with Crippen molar-refractivity contribution in [2.75, 3.05) is 13.1 Å². The largest absolute Gasteiger partial charge is 0.320 e. The lowest BCUT2D eigenvalue weighted by Crippen LogP contribution is -2.31. The van der Waals surface area contributed by atoms with Crippen LogP contribution in [0.15, 0.2) is 30.3 Å². The van der Waals surface area contributed by atoms with Gasteiger partial charge in [0.25, 0.3) is 0 Å². The minimum atomic E-state index is 0.228. The average Bonchev–Trinajstić information content (AvgIpc) is 2.86. The number of nitrogens with zero attached hydrogens (tertiary/aromatic N) is 2. The molecule has 0 N–H and O–H groups in total. The van der Waals surface area contributed by atoms with E-state index in [0.29, 0.717) is 6.04 Å². The quantitative estimate of drug-likeness (QED) is 0.742. The summed E-state index contributed by atoms with van der Waals surface area (Å²) >= 11 is 0. The molecule has 0 spiro atoms. The summed E-state index contributed by atoms with van der Waals surface area (Å²) in [6, 6.07) is 10.9. The number of urea groups is 1. The summed E-state index contributed by atoms with van der Waals surface area (Å²) in [5.74, 6) is 0. The zero-order chi connectivity index (χ0) is 11.0. The van der Waals surface area contributed by atoms with E-state index in [-0.39, 0.29) is 6.03 Å². The fourth-order valence-electron chi connectivity index (χ4n) is 2.73. The lowest BCUT2D eigenvalue weighted by Gasteiger charge is -2.17. The molecule has 0 bridgehead atoms. The molecule has 1 aromatic carbocycles. The van der Waals surface area contributed by atoms with Gasteiger partial charge in [-0.3, -0.25) is 0 Å². The Morgan fingerprint density at radius 3 is 2.81 bits per heavy atom. The number of amides is 2. The standard InChI is InChI=1S/C13H16N2O/c16-13-14(9-11-5-2-1-3-6-11)10-12-7-4-8-15(12)13/h1-3,5-6,12H,4,7-10H2. The van der Waals surface area contributed by atoms with Crippen LogP contribution in [-0.2, 0) is 6.54 Å². The maximum atomic E-state index is 12.0. The van der Waals surface area contributed by atoms with Crippen molar-refractivity contribution in [3.8, 4) is 0 Å². The van der Waals surface area contributed by atoms with Crippen LogP contribution in [0.1, 0.15) is 18.4 Å². The van der Waals surface area contributed by atoms with Crippen molar-refractivity contribution in [2.45, 2.75) is 25.4 Å². The topological polar surface area (TPSA) is 23.6 Å². The number of rotatable bonds is 2. The number of fused-ring (bicyclic) bond motifs is 1. The number of carbonyl (C=O) groups is 1. The molecule has 0 aromatic heterocycles. The fourth-order valence-corrected chi connectivity index (χ4v) is 2.73. The van der Waals surface area contributed by atoms with E-state index >= 15 is 0 Å². The second kappa shape index (κ2) is 3.81. The van der Waals surface area contributed by atoms with E-state index in [1.54, 1.807) is 0 Å². The van der Waals surface area contributed by atoms with E-state index in [9.17, 15) is 4.79 Å². The van der Waals surface area contributed by atoms with Gasteiger partial charge in [0, 0.05) is 19.6 Å². The first-order chi connectivity index (χ1) is 7.84. The first-order valence-electron chi connectivity index (χ1n) is 5.94. The zero-order valence-electron chi connectivity index (χ0n) is 9.30. The summed E-state index contributed by atoms with van der Waals surface area (Å²) in [6.07, 6.45) is 2.35. The third-order valence-electron chi connectivity index (χ3n) is 3.54. The Morgan fingerprint density at radius 1 is 1.25 bits per heavy atom. The monoisotopic (exact) mass is 216 g/mol. The lowest BCUT2D eigenvalue weighted by atomic mass is 10.2. The van der Waals surface area contributed by atoms with Crippen LogP contribution < -0.4 is 0 Å². The molecular formula is C13H16N2O. The molecule has 2 amide bonds. The van der Waals surface area contributed by atoms with E-state index in [2.05, 4.69) is 12.1 Å².